The summed E-state index contributed by atoms with van der Waals surface area (Å²) in [6, 6.07) is 11.4. The predicted molar refractivity (Wildman–Crippen MR) is 84.3 cm³/mol. The van der Waals surface area contributed by atoms with Gasteiger partial charge in [-0.15, -0.1) is 0 Å². The Morgan fingerprint density at radius 3 is 2.37 bits per heavy atom. The van der Waals surface area contributed by atoms with Crippen LogP contribution in [0.1, 0.15) is 40.2 Å². The lowest BCUT2D eigenvalue weighted by Gasteiger charge is -2.40. The largest absolute Gasteiger partial charge is 0.311 e. The molecule has 1 aromatic carbocycles. The molecule has 1 heterocycles. The molecule has 0 aromatic heterocycles. The molecule has 0 aliphatic carbocycles. The van der Waals surface area contributed by atoms with E-state index < -0.39 is 0 Å². The van der Waals surface area contributed by atoms with Crippen molar-refractivity contribution < 1.29 is 0 Å². The molecule has 2 nitrogen and oxygen atoms in total. The van der Waals surface area contributed by atoms with E-state index >= 15 is 0 Å². The van der Waals surface area contributed by atoms with Crippen LogP contribution in [0.15, 0.2) is 30.3 Å². The average Bonchev–Trinajstić information content (AvgIpc) is 2.41. The van der Waals surface area contributed by atoms with Crippen LogP contribution in [0.25, 0.3) is 0 Å². The maximum absolute atomic E-state index is 3.63. The van der Waals surface area contributed by atoms with Gasteiger partial charge in [-0.25, -0.2) is 0 Å². The molecule has 1 fully saturated rings. The van der Waals surface area contributed by atoms with Gasteiger partial charge in [-0.3, -0.25) is 4.90 Å². The fourth-order valence-corrected chi connectivity index (χ4v) is 2.38. The molecule has 1 aliphatic rings. The van der Waals surface area contributed by atoms with E-state index in [1.807, 2.05) is 13.8 Å². The van der Waals surface area contributed by atoms with Gasteiger partial charge in [0.25, 0.3) is 0 Å². The van der Waals surface area contributed by atoms with Crippen molar-refractivity contribution in [3.05, 3.63) is 35.9 Å². The van der Waals surface area contributed by atoms with Crippen molar-refractivity contribution >= 4 is 0 Å². The summed E-state index contributed by atoms with van der Waals surface area (Å²) in [5.74, 6) is 0. The third-order valence-corrected chi connectivity index (χ3v) is 3.55. The Morgan fingerprint density at radius 1 is 1.16 bits per heavy atom. The summed E-state index contributed by atoms with van der Waals surface area (Å²) in [5, 5.41) is 3.63. The third kappa shape index (κ3) is 5.33. The van der Waals surface area contributed by atoms with E-state index in [2.05, 4.69) is 61.3 Å². The summed E-state index contributed by atoms with van der Waals surface area (Å²) in [6.07, 6.45) is 0. The van der Waals surface area contributed by atoms with Gasteiger partial charge in [0.2, 0.25) is 0 Å². The van der Waals surface area contributed by atoms with Gasteiger partial charge in [0.1, 0.15) is 0 Å². The number of nitrogens with zero attached hydrogens (tertiary/aromatic N) is 1. The Morgan fingerprint density at radius 2 is 1.79 bits per heavy atom. The summed E-state index contributed by atoms with van der Waals surface area (Å²) in [6.45, 7) is 15.4. The van der Waals surface area contributed by atoms with Crippen LogP contribution in [-0.2, 0) is 6.54 Å². The van der Waals surface area contributed by atoms with Crippen molar-refractivity contribution in [2.24, 2.45) is 5.41 Å². The van der Waals surface area contributed by atoms with E-state index in [4.69, 9.17) is 0 Å². The molecule has 1 unspecified atom stereocenters. The summed E-state index contributed by atoms with van der Waals surface area (Å²) in [5.41, 5.74) is 1.76. The van der Waals surface area contributed by atoms with Crippen molar-refractivity contribution in [2.75, 3.05) is 19.6 Å². The molecule has 1 atom stereocenters. The van der Waals surface area contributed by atoms with E-state index in [0.29, 0.717) is 11.5 Å². The van der Waals surface area contributed by atoms with E-state index in [0.717, 1.165) is 26.2 Å². The molecule has 0 bridgehead atoms. The summed E-state index contributed by atoms with van der Waals surface area (Å²) < 4.78 is 0. The second-order valence-electron chi connectivity index (χ2n) is 6.09. The van der Waals surface area contributed by atoms with Crippen LogP contribution in [-0.4, -0.2) is 30.6 Å². The molecule has 0 spiro atoms. The number of rotatable bonds is 2. The predicted octanol–water partition coefficient (Wildman–Crippen LogP) is 3.53. The Bertz CT molecular complexity index is 340. The maximum atomic E-state index is 3.63. The second kappa shape index (κ2) is 7.66. The normalized spacial score (nSPS) is 20.6. The molecule has 0 amide bonds. The molecule has 1 aromatic rings. The van der Waals surface area contributed by atoms with Crippen molar-refractivity contribution in [3.8, 4) is 0 Å². The summed E-state index contributed by atoms with van der Waals surface area (Å²) in [4.78, 5) is 2.56. The van der Waals surface area contributed by atoms with E-state index in [1.54, 1.807) is 0 Å². The highest BCUT2D eigenvalue weighted by atomic mass is 15.2. The van der Waals surface area contributed by atoms with Crippen molar-refractivity contribution in [2.45, 2.75) is 47.2 Å². The number of hydrogen-bond donors (Lipinski definition) is 1. The third-order valence-electron chi connectivity index (χ3n) is 3.55. The van der Waals surface area contributed by atoms with E-state index in [1.165, 1.54) is 5.56 Å². The Kier molecular flexibility index (Phi) is 6.53. The number of benzene rings is 1. The van der Waals surface area contributed by atoms with Gasteiger partial charge in [0, 0.05) is 32.2 Å². The van der Waals surface area contributed by atoms with Gasteiger partial charge in [-0.1, -0.05) is 65.0 Å². The average molecular weight is 262 g/mol. The number of hydrogen-bond acceptors (Lipinski definition) is 2. The van der Waals surface area contributed by atoms with Gasteiger partial charge in [0.05, 0.1) is 0 Å². The minimum atomic E-state index is 0.343. The lowest BCUT2D eigenvalue weighted by Crippen LogP contribution is -2.55. The van der Waals surface area contributed by atoms with Crippen molar-refractivity contribution in [1.29, 1.82) is 0 Å². The smallest absolute Gasteiger partial charge is 0.0244 e. The van der Waals surface area contributed by atoms with Crippen LogP contribution in [0.2, 0.25) is 0 Å². The van der Waals surface area contributed by atoms with Crippen LogP contribution < -0.4 is 5.32 Å². The Labute approximate surface area is 119 Å². The minimum absolute atomic E-state index is 0.343. The quantitative estimate of drug-likeness (QED) is 0.877. The number of nitrogens with one attached hydrogen (secondary N) is 1. The highest BCUT2D eigenvalue weighted by Gasteiger charge is 2.28. The first-order valence-corrected chi connectivity index (χ1v) is 7.55. The van der Waals surface area contributed by atoms with Gasteiger partial charge in [0.15, 0.2) is 0 Å². The Balaban J connectivity index is 0.000000861. The van der Waals surface area contributed by atoms with Crippen LogP contribution in [0, 0.1) is 5.41 Å². The van der Waals surface area contributed by atoms with Gasteiger partial charge in [-0.2, -0.15) is 0 Å². The first kappa shape index (κ1) is 16.2. The molecule has 108 valence electrons. The first-order chi connectivity index (χ1) is 9.05. The highest BCUT2D eigenvalue weighted by molar-refractivity contribution is 5.14. The topological polar surface area (TPSA) is 15.3 Å². The molecule has 0 radical (unpaired) electrons. The molecule has 1 N–H and O–H groups in total. The molecular formula is C17H30N2. The van der Waals surface area contributed by atoms with Crippen LogP contribution >= 0.6 is 0 Å². The number of piperazine rings is 1. The molecular weight excluding hydrogens is 232 g/mol. The standard InChI is InChI=1S/C15H24N2.C2H6/c1-15(2,3)14-12-17(10-9-16-14)11-13-7-5-4-6-8-13;1-2/h4-8,14,16H,9-12H2,1-3H3;1-2H3. The molecule has 1 aliphatic heterocycles. The SMILES string of the molecule is CC.CC(C)(C)C1CN(Cc2ccccc2)CCN1. The molecule has 2 heteroatoms. The summed E-state index contributed by atoms with van der Waals surface area (Å²) in [7, 11) is 0. The van der Waals surface area contributed by atoms with E-state index in [9.17, 15) is 0 Å². The lowest BCUT2D eigenvalue weighted by molar-refractivity contribution is 0.129. The zero-order valence-corrected chi connectivity index (χ0v) is 13.2. The Hall–Kier alpha value is -0.860. The molecule has 1 saturated heterocycles. The van der Waals surface area contributed by atoms with Gasteiger partial charge in [-0.05, 0) is 11.0 Å². The van der Waals surface area contributed by atoms with Crippen LogP contribution in [0.5, 0.6) is 0 Å². The van der Waals surface area contributed by atoms with Crippen LogP contribution in [0.4, 0.5) is 0 Å². The molecule has 2 rings (SSSR count). The van der Waals surface area contributed by atoms with Gasteiger partial charge >= 0.3 is 0 Å². The minimum Gasteiger partial charge on any atom is -0.311 e. The second-order valence-corrected chi connectivity index (χ2v) is 6.09. The maximum Gasteiger partial charge on any atom is 0.0244 e. The lowest BCUT2D eigenvalue weighted by atomic mass is 9.85. The van der Waals surface area contributed by atoms with Crippen molar-refractivity contribution in [1.82, 2.24) is 10.2 Å². The zero-order valence-electron chi connectivity index (χ0n) is 13.2. The van der Waals surface area contributed by atoms with Gasteiger partial charge < -0.3 is 5.32 Å². The molecule has 0 saturated carbocycles. The summed E-state index contributed by atoms with van der Waals surface area (Å²) >= 11 is 0. The highest BCUT2D eigenvalue weighted by Crippen LogP contribution is 2.22. The fourth-order valence-electron chi connectivity index (χ4n) is 2.38. The molecule has 19 heavy (non-hydrogen) atoms. The monoisotopic (exact) mass is 262 g/mol. The van der Waals surface area contributed by atoms with Crippen molar-refractivity contribution in [3.63, 3.8) is 0 Å². The zero-order chi connectivity index (χ0) is 14.3. The van der Waals surface area contributed by atoms with Crippen LogP contribution in [0.3, 0.4) is 0 Å². The van der Waals surface area contributed by atoms with E-state index in [-0.39, 0.29) is 0 Å². The first-order valence-electron chi connectivity index (χ1n) is 7.55. The fraction of sp³-hybridized carbons (Fsp3) is 0.647.